The Hall–Kier alpha value is -1.86. The van der Waals surface area contributed by atoms with Crippen LogP contribution in [0.2, 0.25) is 0 Å². The molecule has 0 unspecified atom stereocenters. The van der Waals surface area contributed by atoms with Gasteiger partial charge in [0.25, 0.3) is 5.89 Å². The summed E-state index contributed by atoms with van der Waals surface area (Å²) in [6.45, 7) is 0. The van der Waals surface area contributed by atoms with Crippen LogP contribution in [0.4, 0.5) is 5.82 Å². The molecule has 0 saturated heterocycles. The molecule has 0 aliphatic rings. The summed E-state index contributed by atoms with van der Waals surface area (Å²) in [6, 6.07) is 5.65. The fourth-order valence-corrected chi connectivity index (χ4v) is 2.78. The molecule has 0 spiro atoms. The van der Waals surface area contributed by atoms with Crippen LogP contribution in [0.1, 0.15) is 5.82 Å². The van der Waals surface area contributed by atoms with Crippen molar-refractivity contribution < 1.29 is 4.52 Å². The van der Waals surface area contributed by atoms with Gasteiger partial charge in [-0.2, -0.15) is 16.3 Å². The Morgan fingerprint density at radius 2 is 2.26 bits per heavy atom. The molecule has 5 nitrogen and oxygen atoms in total. The minimum Gasteiger partial charge on any atom is -0.384 e. The first-order valence-corrected chi connectivity index (χ1v) is 7.43. The van der Waals surface area contributed by atoms with Crippen molar-refractivity contribution >= 4 is 28.9 Å². The van der Waals surface area contributed by atoms with Crippen molar-refractivity contribution in [2.24, 2.45) is 0 Å². The van der Waals surface area contributed by atoms with Crippen LogP contribution >= 0.6 is 23.1 Å². The topological polar surface area (TPSA) is 77.8 Å². The quantitative estimate of drug-likeness (QED) is 0.744. The molecule has 7 heteroatoms. The number of thioether (sulfide) groups is 1. The van der Waals surface area contributed by atoms with E-state index in [1.807, 2.05) is 22.9 Å². The Labute approximate surface area is 117 Å². The lowest BCUT2D eigenvalue weighted by atomic mass is 10.3. The summed E-state index contributed by atoms with van der Waals surface area (Å²) in [5.74, 6) is 2.39. The summed E-state index contributed by atoms with van der Waals surface area (Å²) in [6.07, 6.45) is 1.74. The monoisotopic (exact) mass is 290 g/mol. The Morgan fingerprint density at radius 1 is 1.32 bits per heavy atom. The van der Waals surface area contributed by atoms with Crippen LogP contribution in [0.3, 0.4) is 0 Å². The van der Waals surface area contributed by atoms with Crippen molar-refractivity contribution in [2.75, 3.05) is 5.73 Å². The van der Waals surface area contributed by atoms with Crippen molar-refractivity contribution in [1.82, 2.24) is 15.1 Å². The molecule has 3 aromatic heterocycles. The molecule has 0 aliphatic carbocycles. The van der Waals surface area contributed by atoms with Crippen molar-refractivity contribution in [1.29, 1.82) is 0 Å². The predicted octanol–water partition coefficient (Wildman–Crippen LogP) is 3.07. The zero-order valence-electron chi connectivity index (χ0n) is 9.81. The summed E-state index contributed by atoms with van der Waals surface area (Å²) >= 11 is 3.19. The number of thiophene rings is 1. The molecule has 3 heterocycles. The summed E-state index contributed by atoms with van der Waals surface area (Å²) in [4.78, 5) is 9.40. The molecule has 2 N–H and O–H groups in total. The Kier molecular flexibility index (Phi) is 3.47. The molecule has 96 valence electrons. The number of anilines is 1. The second kappa shape index (κ2) is 5.41. The predicted molar refractivity (Wildman–Crippen MR) is 75.8 cm³/mol. The normalized spacial score (nSPS) is 10.7. The Morgan fingerprint density at radius 3 is 3.00 bits per heavy atom. The number of nitrogen functional groups attached to an aromatic ring is 1. The Balaban J connectivity index is 1.66. The van der Waals surface area contributed by atoms with Crippen LogP contribution in [0, 0.1) is 0 Å². The van der Waals surface area contributed by atoms with Crippen LogP contribution in [0.15, 0.2) is 44.6 Å². The van der Waals surface area contributed by atoms with Crippen LogP contribution < -0.4 is 5.73 Å². The van der Waals surface area contributed by atoms with E-state index in [1.165, 1.54) is 0 Å². The highest BCUT2D eigenvalue weighted by molar-refractivity contribution is 7.98. The van der Waals surface area contributed by atoms with E-state index < -0.39 is 0 Å². The molecule has 3 rings (SSSR count). The third-order valence-electron chi connectivity index (χ3n) is 2.36. The number of hydrogen-bond acceptors (Lipinski definition) is 7. The lowest BCUT2D eigenvalue weighted by Crippen LogP contribution is -1.89. The first-order chi connectivity index (χ1) is 9.31. The van der Waals surface area contributed by atoms with Gasteiger partial charge in [0.1, 0.15) is 5.82 Å². The maximum Gasteiger partial charge on any atom is 0.258 e. The Bertz CT molecular complexity index is 649. The van der Waals surface area contributed by atoms with Gasteiger partial charge in [-0.15, -0.1) is 11.8 Å². The van der Waals surface area contributed by atoms with E-state index >= 15 is 0 Å². The molecule has 0 bridgehead atoms. The number of hydrogen-bond donors (Lipinski definition) is 1. The summed E-state index contributed by atoms with van der Waals surface area (Å²) in [5.41, 5.74) is 6.49. The molecule has 0 radical (unpaired) electrons. The highest BCUT2D eigenvalue weighted by atomic mass is 32.2. The van der Waals surface area contributed by atoms with Gasteiger partial charge < -0.3 is 10.3 Å². The van der Waals surface area contributed by atoms with Gasteiger partial charge in [-0.1, -0.05) is 5.16 Å². The molecular weight excluding hydrogens is 280 g/mol. The minimum atomic E-state index is 0.517. The summed E-state index contributed by atoms with van der Waals surface area (Å²) in [5, 5.41) is 7.92. The van der Waals surface area contributed by atoms with Gasteiger partial charge >= 0.3 is 0 Å². The smallest absolute Gasteiger partial charge is 0.258 e. The average molecular weight is 290 g/mol. The van der Waals surface area contributed by atoms with E-state index in [-0.39, 0.29) is 0 Å². The summed E-state index contributed by atoms with van der Waals surface area (Å²) in [7, 11) is 0. The number of pyridine rings is 1. The molecule has 0 amide bonds. The standard InChI is InChI=1S/C12H10N4OS2/c13-10-2-1-9(5-14-10)19-7-11-15-12(17-16-11)8-3-4-18-6-8/h1-6H,7H2,(H2,13,14). The van der Waals surface area contributed by atoms with Gasteiger partial charge in [0.15, 0.2) is 5.82 Å². The van der Waals surface area contributed by atoms with E-state index in [1.54, 1.807) is 35.4 Å². The SMILES string of the molecule is Nc1ccc(SCc2noc(-c3ccsc3)n2)cn1. The van der Waals surface area contributed by atoms with Crippen molar-refractivity contribution in [3.63, 3.8) is 0 Å². The van der Waals surface area contributed by atoms with E-state index in [0.29, 0.717) is 23.3 Å². The van der Waals surface area contributed by atoms with Gasteiger partial charge in [0, 0.05) is 16.5 Å². The number of aromatic nitrogens is 3. The molecule has 3 aromatic rings. The third-order valence-corrected chi connectivity index (χ3v) is 4.02. The zero-order chi connectivity index (χ0) is 13.1. The lowest BCUT2D eigenvalue weighted by molar-refractivity contribution is 0.425. The maximum atomic E-state index is 5.53. The summed E-state index contributed by atoms with van der Waals surface area (Å²) < 4.78 is 5.21. The maximum absolute atomic E-state index is 5.53. The van der Waals surface area contributed by atoms with E-state index in [2.05, 4.69) is 15.1 Å². The van der Waals surface area contributed by atoms with Gasteiger partial charge in [0.2, 0.25) is 0 Å². The van der Waals surface area contributed by atoms with Gasteiger partial charge in [-0.05, 0) is 23.6 Å². The van der Waals surface area contributed by atoms with Crippen LogP contribution in [0.25, 0.3) is 11.5 Å². The van der Waals surface area contributed by atoms with Gasteiger partial charge in [0.05, 0.1) is 11.3 Å². The van der Waals surface area contributed by atoms with Crippen LogP contribution in [-0.2, 0) is 5.75 Å². The van der Waals surface area contributed by atoms with E-state index in [4.69, 9.17) is 10.3 Å². The second-order valence-corrected chi connectivity index (χ2v) is 5.56. The molecule has 19 heavy (non-hydrogen) atoms. The largest absolute Gasteiger partial charge is 0.384 e. The molecule has 0 atom stereocenters. The minimum absolute atomic E-state index is 0.517. The molecule has 0 aliphatic heterocycles. The number of nitrogens with zero attached hydrogens (tertiary/aromatic N) is 3. The second-order valence-electron chi connectivity index (χ2n) is 3.74. The first kappa shape index (κ1) is 12.2. The lowest BCUT2D eigenvalue weighted by Gasteiger charge is -1.97. The fourth-order valence-electron chi connectivity index (χ4n) is 1.44. The van der Waals surface area contributed by atoms with Crippen molar-refractivity contribution in [3.8, 4) is 11.5 Å². The highest BCUT2D eigenvalue weighted by Crippen LogP contribution is 2.24. The van der Waals surface area contributed by atoms with E-state index in [0.717, 1.165) is 10.5 Å². The molecule has 0 fully saturated rings. The van der Waals surface area contributed by atoms with E-state index in [9.17, 15) is 0 Å². The number of nitrogens with two attached hydrogens (primary N) is 1. The van der Waals surface area contributed by atoms with Gasteiger partial charge in [-0.25, -0.2) is 4.98 Å². The average Bonchev–Trinajstić information content (AvgIpc) is 3.09. The van der Waals surface area contributed by atoms with Crippen LogP contribution in [-0.4, -0.2) is 15.1 Å². The van der Waals surface area contributed by atoms with Crippen LogP contribution in [0.5, 0.6) is 0 Å². The number of rotatable bonds is 4. The van der Waals surface area contributed by atoms with Crippen molar-refractivity contribution in [2.45, 2.75) is 10.6 Å². The van der Waals surface area contributed by atoms with Gasteiger partial charge in [-0.3, -0.25) is 0 Å². The zero-order valence-corrected chi connectivity index (χ0v) is 11.4. The van der Waals surface area contributed by atoms with Crippen molar-refractivity contribution in [3.05, 3.63) is 41.0 Å². The molecule has 0 saturated carbocycles. The first-order valence-electron chi connectivity index (χ1n) is 5.51. The highest BCUT2D eigenvalue weighted by Gasteiger charge is 2.09. The molecule has 0 aromatic carbocycles. The third kappa shape index (κ3) is 2.94. The fraction of sp³-hybridized carbons (Fsp3) is 0.0833. The molecular formula is C12H10N4OS2.